The zero-order valence-corrected chi connectivity index (χ0v) is 15.7. The van der Waals surface area contributed by atoms with Crippen LogP contribution in [0.1, 0.15) is 57.2 Å². The highest BCUT2D eigenvalue weighted by molar-refractivity contribution is 5.80. The van der Waals surface area contributed by atoms with Gasteiger partial charge in [0.05, 0.1) is 12.1 Å². The van der Waals surface area contributed by atoms with Gasteiger partial charge >= 0.3 is 0 Å². The predicted molar refractivity (Wildman–Crippen MR) is 96.4 cm³/mol. The molecular formula is C18H30N6O. The molecule has 0 spiro atoms. The molecule has 0 radical (unpaired) electrons. The Morgan fingerprint density at radius 1 is 1.28 bits per heavy atom. The third-order valence-corrected chi connectivity index (χ3v) is 6.14. The van der Waals surface area contributed by atoms with Gasteiger partial charge in [0.1, 0.15) is 11.6 Å². The van der Waals surface area contributed by atoms with Crippen molar-refractivity contribution in [3.8, 4) is 0 Å². The molecule has 138 valence electrons. The van der Waals surface area contributed by atoms with Gasteiger partial charge in [0.2, 0.25) is 0 Å². The maximum atomic E-state index is 6.01. The van der Waals surface area contributed by atoms with Crippen molar-refractivity contribution < 1.29 is 4.74 Å². The Morgan fingerprint density at radius 2 is 2.12 bits per heavy atom. The van der Waals surface area contributed by atoms with Gasteiger partial charge in [0.15, 0.2) is 5.96 Å². The van der Waals surface area contributed by atoms with Crippen molar-refractivity contribution in [2.75, 3.05) is 13.7 Å². The summed E-state index contributed by atoms with van der Waals surface area (Å²) in [5, 5.41) is 11.7. The van der Waals surface area contributed by atoms with Crippen LogP contribution in [0.15, 0.2) is 4.99 Å². The standard InChI is InChI=1S/C18H30N6O/c1-11-20-16-13(8-5-9-24(16)23-11)21-17(19-4)22-14-12-7-6-10-25-15(12)18(14,2)3/h12-15H,5-10H2,1-4H3,(H2,19,21,22). The van der Waals surface area contributed by atoms with Crippen molar-refractivity contribution >= 4 is 5.96 Å². The van der Waals surface area contributed by atoms with E-state index in [-0.39, 0.29) is 11.5 Å². The summed E-state index contributed by atoms with van der Waals surface area (Å²) in [5.41, 5.74) is 0.131. The first-order valence-electron chi connectivity index (χ1n) is 9.53. The minimum atomic E-state index is 0.131. The number of aromatic nitrogens is 3. The van der Waals surface area contributed by atoms with E-state index in [2.05, 4.69) is 39.6 Å². The van der Waals surface area contributed by atoms with Crippen LogP contribution in [0.4, 0.5) is 0 Å². The van der Waals surface area contributed by atoms with E-state index in [1.165, 1.54) is 6.42 Å². The Morgan fingerprint density at radius 3 is 2.92 bits per heavy atom. The highest BCUT2D eigenvalue weighted by atomic mass is 16.5. The SMILES string of the molecule is CN=C(NC1CCCn2nc(C)nc21)NC1C2CCCOC2C1(C)C. The van der Waals surface area contributed by atoms with Crippen molar-refractivity contribution in [3.05, 3.63) is 11.6 Å². The zero-order chi connectivity index (χ0) is 17.6. The molecule has 7 nitrogen and oxygen atoms in total. The van der Waals surface area contributed by atoms with Crippen LogP contribution in [-0.2, 0) is 11.3 Å². The summed E-state index contributed by atoms with van der Waals surface area (Å²) in [5.74, 6) is 3.31. The smallest absolute Gasteiger partial charge is 0.191 e. The van der Waals surface area contributed by atoms with E-state index in [0.717, 1.165) is 50.0 Å². The highest BCUT2D eigenvalue weighted by Crippen LogP contribution is 2.51. The van der Waals surface area contributed by atoms with E-state index in [4.69, 9.17) is 4.74 Å². The number of rotatable bonds is 2. The molecular weight excluding hydrogens is 316 g/mol. The minimum Gasteiger partial charge on any atom is -0.377 e. The van der Waals surface area contributed by atoms with Gasteiger partial charge < -0.3 is 15.4 Å². The number of hydrogen-bond donors (Lipinski definition) is 2. The lowest BCUT2D eigenvalue weighted by molar-refractivity contribution is -0.188. The molecule has 1 aromatic heterocycles. The first kappa shape index (κ1) is 16.8. The molecule has 0 amide bonds. The van der Waals surface area contributed by atoms with Crippen molar-refractivity contribution in [2.45, 2.75) is 71.2 Å². The maximum Gasteiger partial charge on any atom is 0.191 e. The number of aryl methyl sites for hydroxylation is 2. The first-order valence-corrected chi connectivity index (χ1v) is 9.53. The Bertz CT molecular complexity index is 667. The van der Waals surface area contributed by atoms with Gasteiger partial charge in [-0.1, -0.05) is 13.8 Å². The Kier molecular flexibility index (Phi) is 4.22. The highest BCUT2D eigenvalue weighted by Gasteiger charge is 2.58. The fourth-order valence-electron chi connectivity index (χ4n) is 4.90. The third kappa shape index (κ3) is 2.82. The van der Waals surface area contributed by atoms with Crippen molar-refractivity contribution in [3.63, 3.8) is 0 Å². The second-order valence-electron chi connectivity index (χ2n) is 8.19. The van der Waals surface area contributed by atoms with E-state index in [0.29, 0.717) is 18.1 Å². The summed E-state index contributed by atoms with van der Waals surface area (Å²) in [6.07, 6.45) is 4.93. The molecule has 1 saturated heterocycles. The van der Waals surface area contributed by atoms with Crippen molar-refractivity contribution in [1.82, 2.24) is 25.4 Å². The predicted octanol–water partition coefficient (Wildman–Crippen LogP) is 1.79. The molecule has 25 heavy (non-hydrogen) atoms. The van der Waals surface area contributed by atoms with Crippen LogP contribution in [0.3, 0.4) is 0 Å². The monoisotopic (exact) mass is 346 g/mol. The van der Waals surface area contributed by atoms with E-state index in [1.807, 2.05) is 18.7 Å². The molecule has 4 rings (SSSR count). The van der Waals surface area contributed by atoms with E-state index in [1.54, 1.807) is 0 Å². The van der Waals surface area contributed by atoms with Crippen LogP contribution >= 0.6 is 0 Å². The van der Waals surface area contributed by atoms with Crippen molar-refractivity contribution in [2.24, 2.45) is 16.3 Å². The molecule has 3 aliphatic rings. The fraction of sp³-hybridized carbons (Fsp3) is 0.833. The maximum absolute atomic E-state index is 6.01. The minimum absolute atomic E-state index is 0.131. The largest absolute Gasteiger partial charge is 0.377 e. The van der Waals surface area contributed by atoms with Crippen LogP contribution in [0.2, 0.25) is 0 Å². The Balaban J connectivity index is 1.45. The van der Waals surface area contributed by atoms with E-state index < -0.39 is 0 Å². The Labute approximate surface area is 149 Å². The molecule has 2 fully saturated rings. The number of hydrogen-bond acceptors (Lipinski definition) is 4. The van der Waals surface area contributed by atoms with Gasteiger partial charge in [-0.3, -0.25) is 4.99 Å². The number of guanidine groups is 1. The summed E-state index contributed by atoms with van der Waals surface area (Å²) in [6, 6.07) is 0.565. The van der Waals surface area contributed by atoms with Gasteiger partial charge in [-0.2, -0.15) is 5.10 Å². The summed E-state index contributed by atoms with van der Waals surface area (Å²) in [7, 11) is 1.84. The third-order valence-electron chi connectivity index (χ3n) is 6.14. The number of nitrogens with one attached hydrogen (secondary N) is 2. The second kappa shape index (κ2) is 6.27. The Hall–Kier alpha value is -1.63. The molecule has 7 heteroatoms. The molecule has 0 bridgehead atoms. The van der Waals surface area contributed by atoms with Crippen LogP contribution in [-0.4, -0.2) is 46.5 Å². The number of nitrogens with zero attached hydrogens (tertiary/aromatic N) is 4. The van der Waals surface area contributed by atoms with Gasteiger partial charge in [-0.05, 0) is 32.6 Å². The summed E-state index contributed by atoms with van der Waals surface area (Å²) in [4.78, 5) is 9.10. The number of aliphatic imine (C=N–C) groups is 1. The van der Waals surface area contributed by atoms with Crippen molar-refractivity contribution in [1.29, 1.82) is 0 Å². The molecule has 0 aromatic carbocycles. The topological polar surface area (TPSA) is 76.4 Å². The molecule has 1 aromatic rings. The number of ether oxygens (including phenoxy) is 1. The van der Waals surface area contributed by atoms with Gasteiger partial charge in [0, 0.05) is 37.6 Å². The molecule has 1 saturated carbocycles. The molecule has 1 aliphatic carbocycles. The first-order chi connectivity index (χ1) is 12.0. The second-order valence-corrected chi connectivity index (χ2v) is 8.19. The zero-order valence-electron chi connectivity index (χ0n) is 15.7. The summed E-state index contributed by atoms with van der Waals surface area (Å²) < 4.78 is 8.04. The summed E-state index contributed by atoms with van der Waals surface area (Å²) in [6.45, 7) is 8.41. The van der Waals surface area contributed by atoms with E-state index in [9.17, 15) is 0 Å². The van der Waals surface area contributed by atoms with Gasteiger partial charge in [-0.15, -0.1) is 0 Å². The molecule has 3 heterocycles. The quantitative estimate of drug-likeness (QED) is 0.631. The van der Waals surface area contributed by atoms with E-state index >= 15 is 0 Å². The average molecular weight is 346 g/mol. The lowest BCUT2D eigenvalue weighted by Crippen LogP contribution is -2.71. The summed E-state index contributed by atoms with van der Waals surface area (Å²) >= 11 is 0. The molecule has 4 atom stereocenters. The van der Waals surface area contributed by atoms with Gasteiger partial charge in [-0.25, -0.2) is 9.67 Å². The normalized spacial score (nSPS) is 33.8. The molecule has 2 aliphatic heterocycles. The molecule has 2 N–H and O–H groups in total. The fourth-order valence-corrected chi connectivity index (χ4v) is 4.90. The van der Waals surface area contributed by atoms with Gasteiger partial charge in [0.25, 0.3) is 0 Å². The van der Waals surface area contributed by atoms with Crippen LogP contribution in [0, 0.1) is 18.3 Å². The number of fused-ring (bicyclic) bond motifs is 2. The molecule has 4 unspecified atom stereocenters. The average Bonchev–Trinajstić information content (AvgIpc) is 2.99. The van der Waals surface area contributed by atoms with Crippen LogP contribution < -0.4 is 10.6 Å². The lowest BCUT2D eigenvalue weighted by atomic mass is 9.55. The lowest BCUT2D eigenvalue weighted by Gasteiger charge is -2.60. The van der Waals surface area contributed by atoms with Crippen LogP contribution in [0.5, 0.6) is 0 Å². The van der Waals surface area contributed by atoms with Crippen LogP contribution in [0.25, 0.3) is 0 Å².